The largest absolute Gasteiger partial charge is 0.338 e. The van der Waals surface area contributed by atoms with E-state index in [0.717, 1.165) is 23.3 Å². The molecule has 1 atom stereocenters. The number of Topliss-reactive ketones (excluding diaryl/α,β-unsaturated/α-hetero) is 1. The zero-order valence-corrected chi connectivity index (χ0v) is 16.5. The van der Waals surface area contributed by atoms with E-state index in [9.17, 15) is 9.59 Å². The van der Waals surface area contributed by atoms with Gasteiger partial charge in [-0.15, -0.1) is 11.8 Å². The van der Waals surface area contributed by atoms with Crippen molar-refractivity contribution in [2.45, 2.75) is 17.7 Å². The second-order valence-electron chi connectivity index (χ2n) is 6.88. The summed E-state index contributed by atoms with van der Waals surface area (Å²) in [5.74, 6) is -0.131. The van der Waals surface area contributed by atoms with E-state index >= 15 is 0 Å². The second-order valence-corrected chi connectivity index (χ2v) is 7.73. The van der Waals surface area contributed by atoms with Crippen LogP contribution >= 0.6 is 11.8 Å². The lowest BCUT2D eigenvalue weighted by atomic mass is 9.89. The highest BCUT2D eigenvalue weighted by Crippen LogP contribution is 2.28. The number of hydrogen-bond acceptors (Lipinski definition) is 5. The summed E-state index contributed by atoms with van der Waals surface area (Å²) in [6.45, 7) is 1.10. The van der Waals surface area contributed by atoms with Crippen molar-refractivity contribution >= 4 is 34.5 Å². The number of carbonyl (C=O) groups is 2. The molecule has 0 bridgehead atoms. The first-order valence-corrected chi connectivity index (χ1v) is 10.6. The highest BCUT2D eigenvalue weighted by atomic mass is 32.2. The zero-order chi connectivity index (χ0) is 19.5. The van der Waals surface area contributed by atoms with Gasteiger partial charge >= 0.3 is 0 Å². The molecule has 1 aliphatic rings. The average molecular weight is 391 g/mol. The first kappa shape index (κ1) is 18.6. The minimum Gasteiger partial charge on any atom is -0.338 e. The van der Waals surface area contributed by atoms with Crippen LogP contribution in [0, 0.1) is 5.92 Å². The third kappa shape index (κ3) is 3.52. The van der Waals surface area contributed by atoms with Crippen LogP contribution in [0.1, 0.15) is 33.6 Å². The summed E-state index contributed by atoms with van der Waals surface area (Å²) in [5, 5.41) is 0. The summed E-state index contributed by atoms with van der Waals surface area (Å²) in [6.07, 6.45) is 6.82. The predicted octanol–water partition coefficient (Wildman–Crippen LogP) is 4.09. The number of hydrogen-bond donors (Lipinski definition) is 0. The number of nitrogens with zero attached hydrogens (tertiary/aromatic N) is 3. The Kier molecular flexibility index (Phi) is 5.39. The number of aromatic nitrogens is 2. The number of rotatable bonds is 4. The summed E-state index contributed by atoms with van der Waals surface area (Å²) < 4.78 is 0. The monoisotopic (exact) mass is 391 g/mol. The van der Waals surface area contributed by atoms with Crippen LogP contribution in [0.4, 0.5) is 0 Å². The highest BCUT2D eigenvalue weighted by Gasteiger charge is 2.31. The van der Waals surface area contributed by atoms with Gasteiger partial charge in [-0.2, -0.15) is 0 Å². The number of benzene rings is 2. The van der Waals surface area contributed by atoms with E-state index < -0.39 is 0 Å². The van der Waals surface area contributed by atoms with Gasteiger partial charge in [-0.05, 0) is 37.3 Å². The molecule has 1 saturated heterocycles. The Labute approximate surface area is 168 Å². The fourth-order valence-electron chi connectivity index (χ4n) is 3.78. The van der Waals surface area contributed by atoms with Crippen LogP contribution in [0.3, 0.4) is 0 Å². The lowest BCUT2D eigenvalue weighted by Crippen LogP contribution is -2.42. The number of para-hydroxylation sites is 1. The van der Waals surface area contributed by atoms with Gasteiger partial charge in [-0.25, -0.2) is 0 Å². The summed E-state index contributed by atoms with van der Waals surface area (Å²) in [6, 6.07) is 13.2. The number of thioether (sulfide) groups is 1. The third-order valence-electron chi connectivity index (χ3n) is 5.18. The van der Waals surface area contributed by atoms with E-state index in [1.807, 2.05) is 42.7 Å². The Balaban J connectivity index is 1.58. The van der Waals surface area contributed by atoms with Gasteiger partial charge in [0, 0.05) is 41.9 Å². The van der Waals surface area contributed by atoms with Crippen LogP contribution < -0.4 is 0 Å². The van der Waals surface area contributed by atoms with Crippen LogP contribution in [0.25, 0.3) is 11.0 Å². The number of likely N-dealkylation sites (tertiary alicyclic amines) is 1. The van der Waals surface area contributed by atoms with E-state index in [-0.39, 0.29) is 17.6 Å². The van der Waals surface area contributed by atoms with E-state index in [1.165, 1.54) is 0 Å². The Morgan fingerprint density at radius 3 is 2.68 bits per heavy atom. The molecule has 28 heavy (non-hydrogen) atoms. The van der Waals surface area contributed by atoms with E-state index in [2.05, 4.69) is 9.97 Å². The molecule has 1 amide bonds. The van der Waals surface area contributed by atoms with E-state index in [4.69, 9.17) is 0 Å². The summed E-state index contributed by atoms with van der Waals surface area (Å²) in [5.41, 5.74) is 2.61. The Hall–Kier alpha value is -2.73. The van der Waals surface area contributed by atoms with E-state index in [1.54, 1.807) is 35.1 Å². The summed E-state index contributed by atoms with van der Waals surface area (Å²) in [4.78, 5) is 37.7. The Morgan fingerprint density at radius 2 is 1.82 bits per heavy atom. The van der Waals surface area contributed by atoms with Gasteiger partial charge in [0.2, 0.25) is 0 Å². The Bertz CT molecular complexity index is 1030. The maximum absolute atomic E-state index is 13.2. The van der Waals surface area contributed by atoms with Gasteiger partial charge in [0.1, 0.15) is 5.52 Å². The molecule has 0 N–H and O–H groups in total. The molecule has 4 rings (SSSR count). The van der Waals surface area contributed by atoms with Crippen LogP contribution in [-0.2, 0) is 0 Å². The molecule has 0 radical (unpaired) electrons. The molecule has 0 spiro atoms. The van der Waals surface area contributed by atoms with Crippen LogP contribution in [0.5, 0.6) is 0 Å². The Morgan fingerprint density at radius 1 is 1.04 bits per heavy atom. The summed E-state index contributed by atoms with van der Waals surface area (Å²) >= 11 is 1.58. The van der Waals surface area contributed by atoms with Gasteiger partial charge in [-0.3, -0.25) is 19.6 Å². The van der Waals surface area contributed by atoms with Gasteiger partial charge in [-0.1, -0.05) is 24.3 Å². The highest BCUT2D eigenvalue weighted by molar-refractivity contribution is 7.98. The maximum atomic E-state index is 13.2. The van der Waals surface area contributed by atoms with Crippen molar-refractivity contribution in [3.8, 4) is 0 Å². The maximum Gasteiger partial charge on any atom is 0.256 e. The molecule has 1 fully saturated rings. The first-order chi connectivity index (χ1) is 13.7. The molecule has 6 heteroatoms. The smallest absolute Gasteiger partial charge is 0.256 e. The van der Waals surface area contributed by atoms with Crippen molar-refractivity contribution in [2.75, 3.05) is 19.3 Å². The van der Waals surface area contributed by atoms with E-state index in [0.29, 0.717) is 29.7 Å². The second kappa shape index (κ2) is 8.10. The van der Waals surface area contributed by atoms with Gasteiger partial charge in [0.25, 0.3) is 5.91 Å². The molecule has 142 valence electrons. The summed E-state index contributed by atoms with van der Waals surface area (Å²) in [7, 11) is 0. The van der Waals surface area contributed by atoms with Crippen molar-refractivity contribution in [3.63, 3.8) is 0 Å². The van der Waals surface area contributed by atoms with Crippen molar-refractivity contribution in [1.29, 1.82) is 0 Å². The van der Waals surface area contributed by atoms with Crippen molar-refractivity contribution in [2.24, 2.45) is 5.92 Å². The topological polar surface area (TPSA) is 63.2 Å². The van der Waals surface area contributed by atoms with Crippen LogP contribution in [0.2, 0.25) is 0 Å². The SMILES string of the molecule is CSc1ccccc1C(=O)[C@@H]1CCCN(C(=O)c2cccc3nccnc23)C1. The lowest BCUT2D eigenvalue weighted by molar-refractivity contribution is 0.0637. The molecule has 0 saturated carbocycles. The predicted molar refractivity (Wildman–Crippen MR) is 111 cm³/mol. The van der Waals surface area contributed by atoms with Crippen molar-refractivity contribution < 1.29 is 9.59 Å². The fourth-order valence-corrected chi connectivity index (χ4v) is 4.38. The van der Waals surface area contributed by atoms with Crippen molar-refractivity contribution in [3.05, 3.63) is 66.0 Å². The number of fused-ring (bicyclic) bond motifs is 1. The number of carbonyl (C=O) groups excluding carboxylic acids is 2. The average Bonchev–Trinajstić information content (AvgIpc) is 2.77. The first-order valence-electron chi connectivity index (χ1n) is 9.35. The molecule has 1 aromatic heterocycles. The molecule has 0 aliphatic carbocycles. The van der Waals surface area contributed by atoms with Gasteiger partial charge in [0.15, 0.2) is 5.78 Å². The molecule has 2 heterocycles. The van der Waals surface area contributed by atoms with Crippen molar-refractivity contribution in [1.82, 2.24) is 14.9 Å². The standard InChI is InChI=1S/C22H21N3O2S/c1-28-19-10-3-2-7-16(19)21(26)15-6-5-13-25(14-15)22(27)17-8-4-9-18-20(17)24-12-11-23-18/h2-4,7-12,15H,5-6,13-14H2,1H3/t15-/m1/s1. The quantitative estimate of drug-likeness (QED) is 0.495. The normalized spacial score (nSPS) is 16.9. The van der Waals surface area contributed by atoms with Gasteiger partial charge < -0.3 is 4.90 Å². The minimum absolute atomic E-state index is 0.0817. The van der Waals surface area contributed by atoms with Crippen LogP contribution in [-0.4, -0.2) is 45.9 Å². The van der Waals surface area contributed by atoms with Gasteiger partial charge in [0.05, 0.1) is 11.1 Å². The third-order valence-corrected chi connectivity index (χ3v) is 5.98. The minimum atomic E-state index is -0.174. The molecule has 2 aromatic carbocycles. The van der Waals surface area contributed by atoms with Crippen LogP contribution in [0.15, 0.2) is 59.8 Å². The molecule has 3 aromatic rings. The molecular formula is C22H21N3O2S. The molecule has 1 aliphatic heterocycles. The molecular weight excluding hydrogens is 370 g/mol. The number of ketones is 1. The lowest BCUT2D eigenvalue weighted by Gasteiger charge is -2.32. The number of amides is 1. The molecule has 0 unspecified atom stereocenters. The zero-order valence-electron chi connectivity index (χ0n) is 15.7. The number of piperidine rings is 1. The fraction of sp³-hybridized carbons (Fsp3) is 0.273. The molecule has 5 nitrogen and oxygen atoms in total.